The van der Waals surface area contributed by atoms with Crippen LogP contribution in [0.1, 0.15) is 37.3 Å². The Morgan fingerprint density at radius 3 is 2.38 bits per heavy atom. The predicted molar refractivity (Wildman–Crippen MR) is 129 cm³/mol. The molecule has 6 nitrogen and oxygen atoms in total. The molecule has 8 heteroatoms. The molecule has 1 aliphatic heterocycles. The first-order valence-electron chi connectivity index (χ1n) is 9.74. The van der Waals surface area contributed by atoms with E-state index in [1.807, 2.05) is 30.3 Å². The van der Waals surface area contributed by atoms with Gasteiger partial charge in [-0.15, -0.1) is 24.0 Å². The molecule has 158 valence electrons. The van der Waals surface area contributed by atoms with Crippen LogP contribution in [0.5, 0.6) is 0 Å². The number of hydrogen-bond acceptors (Lipinski definition) is 3. The van der Waals surface area contributed by atoms with Crippen molar-refractivity contribution < 1.29 is 8.42 Å². The Labute approximate surface area is 190 Å². The van der Waals surface area contributed by atoms with Crippen LogP contribution in [-0.2, 0) is 23.0 Å². The van der Waals surface area contributed by atoms with Crippen molar-refractivity contribution in [2.24, 2.45) is 10.7 Å². The lowest BCUT2D eigenvalue weighted by Crippen LogP contribution is -2.36. The van der Waals surface area contributed by atoms with Crippen molar-refractivity contribution in [3.8, 4) is 0 Å². The lowest BCUT2D eigenvalue weighted by atomic mass is 10.1. The molecule has 2 aromatic rings. The summed E-state index contributed by atoms with van der Waals surface area (Å²) in [7, 11) is -3.50. The maximum absolute atomic E-state index is 13.0. The number of rotatable bonds is 6. The van der Waals surface area contributed by atoms with E-state index in [0.29, 0.717) is 23.5 Å². The van der Waals surface area contributed by atoms with Crippen LogP contribution >= 0.6 is 24.0 Å². The molecule has 1 aliphatic rings. The van der Waals surface area contributed by atoms with Gasteiger partial charge >= 0.3 is 0 Å². The highest BCUT2D eigenvalue weighted by Gasteiger charge is 2.27. The zero-order valence-corrected chi connectivity index (χ0v) is 19.8. The Balaban J connectivity index is 0.00000300. The van der Waals surface area contributed by atoms with Crippen molar-refractivity contribution in [2.45, 2.75) is 44.0 Å². The number of guanidine groups is 1. The monoisotopic (exact) mass is 528 g/mol. The minimum Gasteiger partial charge on any atom is -0.370 e. The number of aliphatic imine (C=N–C) groups is 1. The lowest BCUT2D eigenvalue weighted by Gasteiger charge is -2.26. The van der Waals surface area contributed by atoms with Gasteiger partial charge in [-0.1, -0.05) is 43.7 Å². The molecule has 3 rings (SSSR count). The zero-order chi connectivity index (χ0) is 20.0. The van der Waals surface area contributed by atoms with Crippen molar-refractivity contribution in [3.63, 3.8) is 0 Å². The van der Waals surface area contributed by atoms with Crippen LogP contribution < -0.4 is 11.1 Å². The SMILES string of the molecule is CCc1ccc(NC(N)=NCc2ccccc2S(=O)(=O)N2CCCCC2)cc1.I. The van der Waals surface area contributed by atoms with E-state index < -0.39 is 10.0 Å². The highest BCUT2D eigenvalue weighted by Crippen LogP contribution is 2.24. The van der Waals surface area contributed by atoms with E-state index >= 15 is 0 Å². The first-order chi connectivity index (χ1) is 13.5. The van der Waals surface area contributed by atoms with Crippen molar-refractivity contribution in [1.82, 2.24) is 4.31 Å². The maximum Gasteiger partial charge on any atom is 0.243 e. The van der Waals surface area contributed by atoms with Crippen molar-refractivity contribution in [2.75, 3.05) is 18.4 Å². The quantitative estimate of drug-likeness (QED) is 0.338. The molecule has 0 unspecified atom stereocenters. The third-order valence-corrected chi connectivity index (χ3v) is 6.96. The Kier molecular flexibility index (Phi) is 8.91. The third-order valence-electron chi connectivity index (χ3n) is 4.96. The molecule has 29 heavy (non-hydrogen) atoms. The summed E-state index contributed by atoms with van der Waals surface area (Å²) in [5, 5.41) is 3.05. The van der Waals surface area contributed by atoms with E-state index in [-0.39, 0.29) is 36.5 Å². The van der Waals surface area contributed by atoms with Crippen molar-refractivity contribution in [3.05, 3.63) is 59.7 Å². The molecule has 2 aromatic carbocycles. The first kappa shape index (κ1) is 23.6. The molecular formula is C21H29IN4O2S. The molecule has 0 spiro atoms. The van der Waals surface area contributed by atoms with Gasteiger partial charge < -0.3 is 11.1 Å². The predicted octanol–water partition coefficient (Wildman–Crippen LogP) is 3.97. The number of halogens is 1. The Bertz CT molecular complexity index is 924. The van der Waals surface area contributed by atoms with E-state index in [0.717, 1.165) is 31.4 Å². The van der Waals surface area contributed by atoms with Crippen LogP contribution in [-0.4, -0.2) is 31.8 Å². The molecule has 0 atom stereocenters. The van der Waals surface area contributed by atoms with Gasteiger partial charge in [-0.3, -0.25) is 0 Å². The highest BCUT2D eigenvalue weighted by atomic mass is 127. The van der Waals surface area contributed by atoms with Gasteiger partial charge in [-0.25, -0.2) is 13.4 Å². The van der Waals surface area contributed by atoms with E-state index in [2.05, 4.69) is 17.2 Å². The molecular weight excluding hydrogens is 499 g/mol. The summed E-state index contributed by atoms with van der Waals surface area (Å²) in [6.07, 6.45) is 3.88. The van der Waals surface area contributed by atoms with E-state index in [4.69, 9.17) is 5.73 Å². The van der Waals surface area contributed by atoms with Crippen LogP contribution in [0, 0.1) is 0 Å². The molecule has 1 saturated heterocycles. The van der Waals surface area contributed by atoms with Crippen LogP contribution in [0.2, 0.25) is 0 Å². The second-order valence-electron chi connectivity index (χ2n) is 6.95. The van der Waals surface area contributed by atoms with Crippen LogP contribution in [0.25, 0.3) is 0 Å². The number of anilines is 1. The van der Waals surface area contributed by atoms with E-state index in [9.17, 15) is 8.42 Å². The summed E-state index contributed by atoms with van der Waals surface area (Å²) >= 11 is 0. The number of nitrogens with one attached hydrogen (secondary N) is 1. The van der Waals surface area contributed by atoms with Gasteiger partial charge in [0.1, 0.15) is 0 Å². The molecule has 0 bridgehead atoms. The van der Waals surface area contributed by atoms with Gasteiger partial charge in [0, 0.05) is 18.8 Å². The van der Waals surface area contributed by atoms with Gasteiger partial charge in [-0.05, 0) is 48.6 Å². The van der Waals surface area contributed by atoms with E-state index in [1.165, 1.54) is 5.56 Å². The van der Waals surface area contributed by atoms with E-state index in [1.54, 1.807) is 22.5 Å². The Morgan fingerprint density at radius 2 is 1.72 bits per heavy atom. The lowest BCUT2D eigenvalue weighted by molar-refractivity contribution is 0.346. The average molecular weight is 528 g/mol. The highest BCUT2D eigenvalue weighted by molar-refractivity contribution is 14.0. The number of nitrogens with zero attached hydrogens (tertiary/aromatic N) is 2. The first-order valence-corrected chi connectivity index (χ1v) is 11.2. The average Bonchev–Trinajstić information content (AvgIpc) is 2.73. The number of benzene rings is 2. The third kappa shape index (κ3) is 6.16. The van der Waals surface area contributed by atoms with Crippen LogP contribution in [0.15, 0.2) is 58.4 Å². The molecule has 1 fully saturated rings. The number of nitrogens with two attached hydrogens (primary N) is 1. The summed E-state index contributed by atoms with van der Waals surface area (Å²) < 4.78 is 27.6. The van der Waals surface area contributed by atoms with Crippen LogP contribution in [0.4, 0.5) is 5.69 Å². The molecule has 0 amide bonds. The molecule has 3 N–H and O–H groups in total. The van der Waals surface area contributed by atoms with Gasteiger partial charge in [0.15, 0.2) is 5.96 Å². The van der Waals surface area contributed by atoms with Crippen molar-refractivity contribution in [1.29, 1.82) is 0 Å². The molecule has 0 aromatic heterocycles. The maximum atomic E-state index is 13.0. The summed E-state index contributed by atoms with van der Waals surface area (Å²) in [6, 6.07) is 15.0. The topological polar surface area (TPSA) is 87.8 Å². The fourth-order valence-corrected chi connectivity index (χ4v) is 5.04. The normalized spacial score (nSPS) is 15.6. The van der Waals surface area contributed by atoms with Crippen LogP contribution in [0.3, 0.4) is 0 Å². The van der Waals surface area contributed by atoms with Gasteiger partial charge in [0.25, 0.3) is 0 Å². The molecule has 0 saturated carbocycles. The zero-order valence-electron chi connectivity index (χ0n) is 16.7. The second kappa shape index (κ2) is 10.9. The molecule has 1 heterocycles. The summed E-state index contributed by atoms with van der Waals surface area (Å²) in [4.78, 5) is 4.67. The fourth-order valence-electron chi connectivity index (χ4n) is 3.31. The summed E-state index contributed by atoms with van der Waals surface area (Å²) in [6.45, 7) is 3.47. The Morgan fingerprint density at radius 1 is 1.07 bits per heavy atom. The number of piperidine rings is 1. The number of aryl methyl sites for hydroxylation is 1. The smallest absolute Gasteiger partial charge is 0.243 e. The fraction of sp³-hybridized carbons (Fsp3) is 0.381. The number of hydrogen-bond donors (Lipinski definition) is 2. The van der Waals surface area contributed by atoms with Gasteiger partial charge in [0.05, 0.1) is 11.4 Å². The Hall–Kier alpha value is -1.65. The summed E-state index contributed by atoms with van der Waals surface area (Å²) in [5.41, 5.74) is 8.76. The standard InChI is InChI=1S/C21H28N4O2S.HI/c1-2-17-10-12-19(13-11-17)24-21(22)23-16-18-8-4-5-9-20(18)28(26,27)25-14-6-3-7-15-25;/h4-5,8-13H,2-3,6-7,14-16H2,1H3,(H3,22,23,24);1H. The molecule has 0 aliphatic carbocycles. The van der Waals surface area contributed by atoms with Gasteiger partial charge in [0.2, 0.25) is 10.0 Å². The minimum atomic E-state index is -3.50. The largest absolute Gasteiger partial charge is 0.370 e. The minimum absolute atomic E-state index is 0. The number of sulfonamides is 1. The second-order valence-corrected chi connectivity index (χ2v) is 8.86. The van der Waals surface area contributed by atoms with Crippen molar-refractivity contribution >= 4 is 45.6 Å². The summed E-state index contributed by atoms with van der Waals surface area (Å²) in [5.74, 6) is 0.259. The van der Waals surface area contributed by atoms with Gasteiger partial charge in [-0.2, -0.15) is 4.31 Å². The molecule has 0 radical (unpaired) electrons.